The van der Waals surface area contributed by atoms with Gasteiger partial charge in [0, 0.05) is 12.6 Å². The highest BCUT2D eigenvalue weighted by atomic mass is 35.5. The quantitative estimate of drug-likeness (QED) is 0.750. The van der Waals surface area contributed by atoms with Crippen LogP contribution in [0.15, 0.2) is 0 Å². The van der Waals surface area contributed by atoms with E-state index in [1.54, 1.807) is 0 Å². The maximum atomic E-state index is 10.7. The summed E-state index contributed by atoms with van der Waals surface area (Å²) in [5.74, 6) is 0. The Morgan fingerprint density at radius 2 is 2.40 bits per heavy atom. The Balaban J connectivity index is 2.23. The molecule has 1 aromatic rings. The number of nitrogens with zero attached hydrogens (tertiary/aromatic N) is 2. The third-order valence-electron chi connectivity index (χ3n) is 2.75. The Bertz CT molecular complexity index is 366. The normalized spacial score (nSPS) is 21.7. The van der Waals surface area contributed by atoms with Crippen molar-refractivity contribution >= 4 is 34.4 Å². The first-order valence-electron chi connectivity index (χ1n) is 5.10. The molecule has 0 amide bonds. The van der Waals surface area contributed by atoms with Crippen LogP contribution >= 0.6 is 22.9 Å². The number of aldehydes is 1. The van der Waals surface area contributed by atoms with Crippen molar-refractivity contribution < 1.29 is 4.79 Å². The van der Waals surface area contributed by atoms with Crippen LogP contribution in [0.3, 0.4) is 0 Å². The Morgan fingerprint density at radius 1 is 1.60 bits per heavy atom. The molecule has 1 fully saturated rings. The molecule has 15 heavy (non-hydrogen) atoms. The predicted molar refractivity (Wildman–Crippen MR) is 63.2 cm³/mol. The van der Waals surface area contributed by atoms with E-state index < -0.39 is 0 Å². The molecule has 2 heterocycles. The van der Waals surface area contributed by atoms with Crippen LogP contribution < -0.4 is 4.90 Å². The van der Waals surface area contributed by atoms with E-state index in [4.69, 9.17) is 11.6 Å². The topological polar surface area (TPSA) is 33.2 Å². The average Bonchev–Trinajstić information content (AvgIpc) is 2.60. The minimum Gasteiger partial charge on any atom is -0.345 e. The van der Waals surface area contributed by atoms with E-state index in [2.05, 4.69) is 16.8 Å². The summed E-state index contributed by atoms with van der Waals surface area (Å²) >= 11 is 7.24. The van der Waals surface area contributed by atoms with Crippen LogP contribution in [0, 0.1) is 0 Å². The number of anilines is 1. The zero-order valence-electron chi connectivity index (χ0n) is 8.57. The van der Waals surface area contributed by atoms with Crippen molar-refractivity contribution in [2.24, 2.45) is 0 Å². The van der Waals surface area contributed by atoms with E-state index in [0.717, 1.165) is 18.0 Å². The molecular formula is C10H13ClN2OS. The summed E-state index contributed by atoms with van der Waals surface area (Å²) in [6, 6.07) is 0.500. The van der Waals surface area contributed by atoms with Gasteiger partial charge in [0.15, 0.2) is 16.6 Å². The Morgan fingerprint density at radius 3 is 3.00 bits per heavy atom. The molecule has 0 aromatic carbocycles. The Hall–Kier alpha value is -0.610. The molecule has 0 saturated carbocycles. The molecule has 82 valence electrons. The van der Waals surface area contributed by atoms with Gasteiger partial charge >= 0.3 is 0 Å². The van der Waals surface area contributed by atoms with Crippen molar-refractivity contribution in [3.63, 3.8) is 0 Å². The lowest BCUT2D eigenvalue weighted by Crippen LogP contribution is -2.37. The predicted octanol–water partition coefficient (Wildman–Crippen LogP) is 2.99. The van der Waals surface area contributed by atoms with Gasteiger partial charge in [0.05, 0.1) is 0 Å². The molecule has 0 bridgehead atoms. The molecule has 3 nitrogen and oxygen atoms in total. The van der Waals surface area contributed by atoms with E-state index in [1.807, 2.05) is 0 Å². The monoisotopic (exact) mass is 244 g/mol. The van der Waals surface area contributed by atoms with Gasteiger partial charge in [-0.1, -0.05) is 22.9 Å². The SMILES string of the molecule is CC1CCCCN1c1nc(Cl)c(C=O)s1. The molecule has 0 radical (unpaired) electrons. The zero-order valence-corrected chi connectivity index (χ0v) is 10.1. The third-order valence-corrected chi connectivity index (χ3v) is 4.17. The highest BCUT2D eigenvalue weighted by Crippen LogP contribution is 2.32. The summed E-state index contributed by atoms with van der Waals surface area (Å²) in [4.78, 5) is 17.7. The smallest absolute Gasteiger partial charge is 0.187 e. The van der Waals surface area contributed by atoms with Gasteiger partial charge in [0.1, 0.15) is 4.88 Å². The highest BCUT2D eigenvalue weighted by Gasteiger charge is 2.22. The lowest BCUT2D eigenvalue weighted by atomic mass is 10.1. The number of rotatable bonds is 2. The fraction of sp³-hybridized carbons (Fsp3) is 0.600. The lowest BCUT2D eigenvalue weighted by Gasteiger charge is -2.32. The first kappa shape index (κ1) is 10.9. The van der Waals surface area contributed by atoms with Gasteiger partial charge in [-0.05, 0) is 26.2 Å². The number of carbonyl (C=O) groups excluding carboxylic acids is 1. The highest BCUT2D eigenvalue weighted by molar-refractivity contribution is 7.17. The van der Waals surface area contributed by atoms with Crippen LogP contribution in [0.4, 0.5) is 5.13 Å². The molecule has 1 saturated heterocycles. The molecule has 0 aliphatic carbocycles. The molecule has 0 spiro atoms. The van der Waals surface area contributed by atoms with Crippen molar-refractivity contribution in [1.29, 1.82) is 0 Å². The molecule has 1 aromatic heterocycles. The van der Waals surface area contributed by atoms with Crippen LogP contribution in [0.5, 0.6) is 0 Å². The van der Waals surface area contributed by atoms with Crippen LogP contribution in [-0.2, 0) is 0 Å². The fourth-order valence-electron chi connectivity index (χ4n) is 1.88. The number of hydrogen-bond donors (Lipinski definition) is 0. The van der Waals surface area contributed by atoms with Crippen molar-refractivity contribution in [2.45, 2.75) is 32.2 Å². The zero-order chi connectivity index (χ0) is 10.8. The number of thiazole rings is 1. The fourth-order valence-corrected chi connectivity index (χ4v) is 3.07. The minimum atomic E-state index is 0.336. The maximum absolute atomic E-state index is 10.7. The van der Waals surface area contributed by atoms with Gasteiger partial charge in [0.2, 0.25) is 0 Å². The van der Waals surface area contributed by atoms with E-state index >= 15 is 0 Å². The molecule has 1 unspecified atom stereocenters. The lowest BCUT2D eigenvalue weighted by molar-refractivity contribution is 0.112. The van der Waals surface area contributed by atoms with Gasteiger partial charge in [0.25, 0.3) is 0 Å². The van der Waals surface area contributed by atoms with Crippen LogP contribution in [-0.4, -0.2) is 23.9 Å². The Labute approximate surface area is 98.1 Å². The van der Waals surface area contributed by atoms with E-state index in [1.165, 1.54) is 30.6 Å². The number of carbonyl (C=O) groups is 1. The van der Waals surface area contributed by atoms with Gasteiger partial charge in [-0.15, -0.1) is 0 Å². The van der Waals surface area contributed by atoms with Crippen molar-refractivity contribution in [2.75, 3.05) is 11.4 Å². The van der Waals surface area contributed by atoms with Gasteiger partial charge < -0.3 is 4.90 Å². The minimum absolute atomic E-state index is 0.336. The number of halogens is 1. The van der Waals surface area contributed by atoms with Crippen LogP contribution in [0.1, 0.15) is 35.9 Å². The number of aromatic nitrogens is 1. The summed E-state index contributed by atoms with van der Waals surface area (Å²) in [6.45, 7) is 3.21. The standard InChI is InChI=1S/C10H13ClN2OS/c1-7-4-2-3-5-13(7)10-12-9(11)8(6-14)15-10/h6-7H,2-5H2,1H3. The van der Waals surface area contributed by atoms with E-state index in [9.17, 15) is 4.79 Å². The second kappa shape index (κ2) is 4.49. The van der Waals surface area contributed by atoms with Crippen LogP contribution in [0.2, 0.25) is 5.15 Å². The molecule has 1 aliphatic heterocycles. The van der Waals surface area contributed by atoms with Crippen LogP contribution in [0.25, 0.3) is 0 Å². The summed E-state index contributed by atoms with van der Waals surface area (Å²) < 4.78 is 0. The molecule has 1 atom stereocenters. The second-order valence-corrected chi connectivity index (χ2v) is 5.17. The molecule has 2 rings (SSSR count). The van der Waals surface area contributed by atoms with E-state index in [0.29, 0.717) is 16.1 Å². The second-order valence-electron chi connectivity index (χ2n) is 3.81. The first-order chi connectivity index (χ1) is 7.22. The first-order valence-corrected chi connectivity index (χ1v) is 6.30. The third kappa shape index (κ3) is 2.16. The van der Waals surface area contributed by atoms with Gasteiger partial charge in [-0.25, -0.2) is 4.98 Å². The maximum Gasteiger partial charge on any atom is 0.187 e. The Kier molecular flexibility index (Phi) is 3.26. The number of piperidine rings is 1. The van der Waals surface area contributed by atoms with Crippen molar-refractivity contribution in [1.82, 2.24) is 4.98 Å². The largest absolute Gasteiger partial charge is 0.345 e. The number of hydrogen-bond acceptors (Lipinski definition) is 4. The van der Waals surface area contributed by atoms with Gasteiger partial charge in [-0.2, -0.15) is 0 Å². The van der Waals surface area contributed by atoms with Crippen molar-refractivity contribution in [3.8, 4) is 0 Å². The summed E-state index contributed by atoms with van der Waals surface area (Å²) in [6.07, 6.45) is 4.43. The average molecular weight is 245 g/mol. The van der Waals surface area contributed by atoms with E-state index in [-0.39, 0.29) is 0 Å². The summed E-state index contributed by atoms with van der Waals surface area (Å²) in [5, 5.41) is 1.22. The molecule has 1 aliphatic rings. The van der Waals surface area contributed by atoms with Crippen molar-refractivity contribution in [3.05, 3.63) is 10.0 Å². The van der Waals surface area contributed by atoms with Gasteiger partial charge in [-0.3, -0.25) is 4.79 Å². The molecule has 5 heteroatoms. The molecular weight excluding hydrogens is 232 g/mol. The summed E-state index contributed by atoms with van der Waals surface area (Å²) in [5.41, 5.74) is 0. The summed E-state index contributed by atoms with van der Waals surface area (Å²) in [7, 11) is 0. The molecule has 0 N–H and O–H groups in total.